The summed E-state index contributed by atoms with van der Waals surface area (Å²) in [6.07, 6.45) is 5.46. The number of piperazine rings is 1. The lowest BCUT2D eigenvalue weighted by atomic mass is 10.2. The third-order valence-electron chi connectivity index (χ3n) is 6.43. The van der Waals surface area contributed by atoms with Gasteiger partial charge in [-0.1, -0.05) is 40.4 Å². The van der Waals surface area contributed by atoms with E-state index in [1.54, 1.807) is 22.8 Å². The first-order valence-electron chi connectivity index (χ1n) is 11.5. The molecular weight excluding hydrogens is 562 g/mol. The van der Waals surface area contributed by atoms with E-state index >= 15 is 0 Å². The number of hydrogen-bond acceptors (Lipinski definition) is 7. The number of aromatic hydroxyl groups is 1. The number of ether oxygens (including phenoxy) is 1. The van der Waals surface area contributed by atoms with Gasteiger partial charge in [-0.3, -0.25) is 14.4 Å². The van der Waals surface area contributed by atoms with Gasteiger partial charge in [-0.15, -0.1) is 0 Å². The van der Waals surface area contributed by atoms with E-state index in [2.05, 4.69) is 30.5 Å². The minimum atomic E-state index is -4.22. The highest BCUT2D eigenvalue weighted by Crippen LogP contribution is 2.36. The van der Waals surface area contributed by atoms with Gasteiger partial charge in [0.25, 0.3) is 15.9 Å². The Morgan fingerprint density at radius 3 is 2.60 bits per heavy atom. The van der Waals surface area contributed by atoms with Gasteiger partial charge in [0, 0.05) is 56.5 Å². The Hall–Kier alpha value is -1.86. The number of sulfonamides is 1. The van der Waals surface area contributed by atoms with Gasteiger partial charge in [0.1, 0.15) is 4.90 Å². The molecule has 0 unspecified atom stereocenters. The van der Waals surface area contributed by atoms with Crippen LogP contribution < -0.4 is 4.72 Å². The van der Waals surface area contributed by atoms with E-state index in [9.17, 15) is 18.3 Å². The van der Waals surface area contributed by atoms with Crippen LogP contribution in [0.15, 0.2) is 27.7 Å². The summed E-state index contributed by atoms with van der Waals surface area (Å²) in [6.45, 7) is 4.05. The lowest BCUT2D eigenvalue weighted by molar-refractivity contribution is 0.0576. The molecule has 0 radical (unpaired) electrons. The first-order valence-corrected chi connectivity index (χ1v) is 14.2. The van der Waals surface area contributed by atoms with E-state index in [0.29, 0.717) is 24.2 Å². The van der Waals surface area contributed by atoms with Crippen molar-refractivity contribution in [2.24, 2.45) is 0 Å². The quantitative estimate of drug-likeness (QED) is 0.484. The molecule has 35 heavy (non-hydrogen) atoms. The number of anilines is 1. The number of nitrogens with zero attached hydrogens (tertiary/aromatic N) is 4. The number of carbonyl (C=O) groups excluding carboxylic acids is 1. The summed E-state index contributed by atoms with van der Waals surface area (Å²) in [5.41, 5.74) is 0. The Morgan fingerprint density at radius 1 is 1.26 bits per heavy atom. The summed E-state index contributed by atoms with van der Waals surface area (Å²) < 4.78 is 35.9. The smallest absolute Gasteiger partial charge is 0.290 e. The molecule has 1 saturated heterocycles. The Kier molecular flexibility index (Phi) is 8.26. The zero-order valence-electron chi connectivity index (χ0n) is 19.4. The molecule has 2 aromatic rings. The number of hydrogen-bond donors (Lipinski definition) is 2. The second-order valence-electron chi connectivity index (χ2n) is 8.76. The van der Waals surface area contributed by atoms with Gasteiger partial charge < -0.3 is 19.3 Å². The topological polar surface area (TPSA) is 117 Å². The van der Waals surface area contributed by atoms with Gasteiger partial charge in [0.05, 0.1) is 11.6 Å². The van der Waals surface area contributed by atoms with Crippen molar-refractivity contribution in [2.45, 2.75) is 36.6 Å². The number of benzene rings is 1. The van der Waals surface area contributed by atoms with Crippen LogP contribution >= 0.6 is 27.5 Å². The number of aromatic nitrogens is 2. The zero-order valence-corrected chi connectivity index (χ0v) is 22.6. The number of nitrogens with one attached hydrogen (secondary N) is 1. The van der Waals surface area contributed by atoms with Crippen LogP contribution in [0.3, 0.4) is 0 Å². The predicted octanol–water partition coefficient (Wildman–Crippen LogP) is 3.32. The Labute approximate surface area is 218 Å². The molecule has 2 N–H and O–H groups in total. The van der Waals surface area contributed by atoms with Crippen molar-refractivity contribution in [1.29, 1.82) is 0 Å². The molecule has 0 bridgehead atoms. The molecule has 4 rings (SSSR count). The van der Waals surface area contributed by atoms with E-state index in [1.807, 2.05) is 0 Å². The highest BCUT2D eigenvalue weighted by Gasteiger charge is 2.31. The molecule has 0 spiro atoms. The van der Waals surface area contributed by atoms with Crippen LogP contribution in [0, 0.1) is 0 Å². The second kappa shape index (κ2) is 11.0. The Morgan fingerprint density at radius 2 is 1.94 bits per heavy atom. The Bertz CT molecular complexity index is 1180. The maximum atomic E-state index is 13.4. The predicted molar refractivity (Wildman–Crippen MR) is 136 cm³/mol. The third-order valence-corrected chi connectivity index (χ3v) is 8.55. The summed E-state index contributed by atoms with van der Waals surface area (Å²) in [7, 11) is -2.55. The van der Waals surface area contributed by atoms with Gasteiger partial charge in [-0.05, 0) is 25.0 Å². The SMILES string of the molecule is COCCN1CCN(C(=O)c2nc(NS(=O)(=O)c3cc(Br)cc(Cl)c3O)cn2C2CCCC2)CC1. The van der Waals surface area contributed by atoms with Gasteiger partial charge in [-0.2, -0.15) is 0 Å². The molecule has 10 nitrogen and oxygen atoms in total. The molecule has 1 aromatic carbocycles. The van der Waals surface area contributed by atoms with E-state index in [-0.39, 0.29) is 33.5 Å². The number of methoxy groups -OCH3 is 1. The van der Waals surface area contributed by atoms with E-state index in [4.69, 9.17) is 16.3 Å². The monoisotopic (exact) mass is 589 g/mol. The fourth-order valence-corrected chi connectivity index (χ4v) is 6.68. The van der Waals surface area contributed by atoms with Crippen molar-refractivity contribution in [3.8, 4) is 5.75 Å². The fraction of sp³-hybridized carbons (Fsp3) is 0.545. The minimum absolute atomic E-state index is 0.0227. The molecule has 1 amide bonds. The Balaban J connectivity index is 1.58. The lowest BCUT2D eigenvalue weighted by Crippen LogP contribution is -2.49. The molecule has 2 aliphatic rings. The maximum absolute atomic E-state index is 13.4. The molecule has 1 saturated carbocycles. The van der Waals surface area contributed by atoms with Gasteiger partial charge in [0.2, 0.25) is 5.82 Å². The summed E-state index contributed by atoms with van der Waals surface area (Å²) in [4.78, 5) is 21.5. The summed E-state index contributed by atoms with van der Waals surface area (Å²) in [5.74, 6) is -0.534. The van der Waals surface area contributed by atoms with Crippen LogP contribution in [-0.4, -0.2) is 85.2 Å². The summed E-state index contributed by atoms with van der Waals surface area (Å²) in [6, 6.07) is 2.74. The maximum Gasteiger partial charge on any atom is 0.290 e. The molecule has 192 valence electrons. The molecule has 1 aliphatic carbocycles. The van der Waals surface area contributed by atoms with Crippen LogP contribution in [-0.2, 0) is 14.8 Å². The van der Waals surface area contributed by atoms with Gasteiger partial charge in [-0.25, -0.2) is 13.4 Å². The number of amides is 1. The van der Waals surface area contributed by atoms with Crippen molar-refractivity contribution in [1.82, 2.24) is 19.4 Å². The average molecular weight is 591 g/mol. The standard InChI is InChI=1S/C22H29BrClN5O5S/c1-34-11-10-27-6-8-28(9-7-27)22(31)21-25-19(14-29(21)16-4-2-3-5-16)26-35(32,33)18-13-15(23)12-17(24)20(18)30/h12-14,16,26,30H,2-11H2,1H3. The molecule has 2 fully saturated rings. The number of halogens is 2. The first kappa shape index (κ1) is 26.2. The van der Waals surface area contributed by atoms with E-state index < -0.39 is 15.8 Å². The zero-order chi connectivity index (χ0) is 25.2. The highest BCUT2D eigenvalue weighted by molar-refractivity contribution is 9.10. The number of carbonyl (C=O) groups is 1. The van der Waals surface area contributed by atoms with Crippen molar-refractivity contribution in [3.63, 3.8) is 0 Å². The van der Waals surface area contributed by atoms with Gasteiger partial charge >= 0.3 is 0 Å². The average Bonchev–Trinajstić information content (AvgIpc) is 3.49. The molecule has 1 aromatic heterocycles. The first-order chi connectivity index (χ1) is 16.7. The van der Waals surface area contributed by atoms with Crippen molar-refractivity contribution in [3.05, 3.63) is 33.6 Å². The van der Waals surface area contributed by atoms with Crippen LogP contribution in [0.25, 0.3) is 0 Å². The third kappa shape index (κ3) is 5.93. The second-order valence-corrected chi connectivity index (χ2v) is 11.7. The van der Waals surface area contributed by atoms with Crippen LogP contribution in [0.4, 0.5) is 5.82 Å². The number of rotatable bonds is 8. The summed E-state index contributed by atoms with van der Waals surface area (Å²) in [5, 5.41) is 10.1. The number of phenols is 1. The van der Waals surface area contributed by atoms with Crippen LogP contribution in [0.2, 0.25) is 5.02 Å². The van der Waals surface area contributed by atoms with Crippen LogP contribution in [0.1, 0.15) is 42.3 Å². The molecule has 0 atom stereocenters. The van der Waals surface area contributed by atoms with E-state index in [1.165, 1.54) is 12.1 Å². The van der Waals surface area contributed by atoms with Crippen molar-refractivity contribution < 1.29 is 23.1 Å². The highest BCUT2D eigenvalue weighted by atomic mass is 79.9. The lowest BCUT2D eigenvalue weighted by Gasteiger charge is -2.34. The van der Waals surface area contributed by atoms with Crippen LogP contribution in [0.5, 0.6) is 5.75 Å². The molecular formula is C22H29BrClN5O5S. The minimum Gasteiger partial charge on any atom is -0.505 e. The molecule has 1 aliphatic heterocycles. The largest absolute Gasteiger partial charge is 0.505 e. The van der Waals surface area contributed by atoms with Gasteiger partial charge in [0.15, 0.2) is 11.6 Å². The normalized spacial score (nSPS) is 17.7. The fourth-order valence-electron chi connectivity index (χ4n) is 4.54. The number of imidazole rings is 1. The van der Waals surface area contributed by atoms with Crippen molar-refractivity contribution in [2.75, 3.05) is 51.2 Å². The summed E-state index contributed by atoms with van der Waals surface area (Å²) >= 11 is 9.16. The van der Waals surface area contributed by atoms with Crippen molar-refractivity contribution >= 4 is 49.3 Å². The molecule has 13 heteroatoms. The number of phenolic OH excluding ortho intramolecular Hbond substituents is 1. The van der Waals surface area contributed by atoms with E-state index in [0.717, 1.165) is 45.3 Å². The molecule has 2 heterocycles.